The monoisotopic (exact) mass is 395 g/mol. The van der Waals surface area contributed by atoms with E-state index in [0.717, 1.165) is 33.5 Å². The van der Waals surface area contributed by atoms with Gasteiger partial charge in [-0.3, -0.25) is 0 Å². The average molecular weight is 396 g/mol. The van der Waals surface area contributed by atoms with Crippen LogP contribution in [-0.2, 0) is 11.5 Å². The van der Waals surface area contributed by atoms with Gasteiger partial charge in [0.25, 0.3) is 0 Å². The van der Waals surface area contributed by atoms with E-state index >= 15 is 0 Å². The molecule has 1 N–H and O–H groups in total. The number of ether oxygens (including phenoxy) is 1. The van der Waals surface area contributed by atoms with Crippen LogP contribution in [0.25, 0.3) is 22.0 Å². The SMILES string of the molecule is CS(C)(C)CCOCn1cc(-c2c[nH]c3ccc(Br)cc23)cn1. The van der Waals surface area contributed by atoms with Crippen molar-refractivity contribution in [2.45, 2.75) is 6.73 Å². The summed E-state index contributed by atoms with van der Waals surface area (Å²) in [7, 11) is -0.500. The van der Waals surface area contributed by atoms with E-state index in [4.69, 9.17) is 4.74 Å². The highest BCUT2D eigenvalue weighted by atomic mass is 79.9. The molecule has 2 aromatic heterocycles. The van der Waals surface area contributed by atoms with Crippen molar-refractivity contribution in [3.05, 3.63) is 41.3 Å². The number of H-pyrrole nitrogens is 1. The topological polar surface area (TPSA) is 42.8 Å². The molecule has 0 saturated carbocycles. The molecular weight excluding hydrogens is 374 g/mol. The molecule has 1 aromatic carbocycles. The minimum Gasteiger partial charge on any atom is -0.361 e. The van der Waals surface area contributed by atoms with Gasteiger partial charge in [-0.2, -0.15) is 5.10 Å². The minimum atomic E-state index is -0.500. The third kappa shape index (κ3) is 4.19. The van der Waals surface area contributed by atoms with E-state index < -0.39 is 10.0 Å². The number of benzene rings is 1. The van der Waals surface area contributed by atoms with Crippen molar-refractivity contribution < 1.29 is 4.74 Å². The lowest BCUT2D eigenvalue weighted by molar-refractivity contribution is 0.0809. The Labute approximate surface area is 146 Å². The molecule has 4 nitrogen and oxygen atoms in total. The third-order valence-corrected chi connectivity index (χ3v) is 5.54. The Balaban J connectivity index is 1.70. The van der Waals surface area contributed by atoms with Gasteiger partial charge in [0, 0.05) is 44.6 Å². The molecule has 0 unspecified atom stereocenters. The summed E-state index contributed by atoms with van der Waals surface area (Å²) < 4.78 is 8.67. The van der Waals surface area contributed by atoms with Crippen molar-refractivity contribution >= 4 is 36.9 Å². The normalized spacial score (nSPS) is 12.9. The zero-order valence-corrected chi connectivity index (χ0v) is 16.1. The molecule has 0 aliphatic heterocycles. The first-order valence-electron chi connectivity index (χ1n) is 7.46. The maximum Gasteiger partial charge on any atom is 0.139 e. The van der Waals surface area contributed by atoms with Crippen molar-refractivity contribution in [1.82, 2.24) is 14.8 Å². The fourth-order valence-corrected chi connectivity index (χ4v) is 3.35. The van der Waals surface area contributed by atoms with E-state index in [0.29, 0.717) is 6.73 Å². The van der Waals surface area contributed by atoms with Crippen molar-refractivity contribution in [1.29, 1.82) is 0 Å². The number of nitrogens with zero attached hydrogens (tertiary/aromatic N) is 2. The summed E-state index contributed by atoms with van der Waals surface area (Å²) in [5, 5.41) is 5.60. The molecule has 0 fully saturated rings. The van der Waals surface area contributed by atoms with Crippen molar-refractivity contribution in [3.63, 3.8) is 0 Å². The van der Waals surface area contributed by atoms with E-state index in [1.807, 2.05) is 29.3 Å². The summed E-state index contributed by atoms with van der Waals surface area (Å²) in [6.07, 6.45) is 12.9. The second-order valence-electron chi connectivity index (χ2n) is 6.49. The number of fused-ring (bicyclic) bond motifs is 1. The molecular formula is C17H22BrN3OS. The van der Waals surface area contributed by atoms with Crippen LogP contribution in [0, 0.1) is 0 Å². The quantitative estimate of drug-likeness (QED) is 0.625. The highest BCUT2D eigenvalue weighted by molar-refractivity contribution is 9.10. The molecule has 3 rings (SSSR count). The van der Waals surface area contributed by atoms with Crippen molar-refractivity contribution in [3.8, 4) is 11.1 Å². The van der Waals surface area contributed by atoms with E-state index in [1.165, 1.54) is 5.39 Å². The van der Waals surface area contributed by atoms with Crippen molar-refractivity contribution in [2.75, 3.05) is 31.1 Å². The maximum absolute atomic E-state index is 5.74. The molecule has 2 heterocycles. The predicted octanol–water partition coefficient (Wildman–Crippen LogP) is 4.46. The molecule has 0 saturated heterocycles. The van der Waals surface area contributed by atoms with Crippen molar-refractivity contribution in [2.24, 2.45) is 0 Å². The Kier molecular flexibility index (Phi) is 4.85. The summed E-state index contributed by atoms with van der Waals surface area (Å²) in [5.41, 5.74) is 3.38. The Hall–Kier alpha value is -1.24. The molecule has 0 amide bonds. The average Bonchev–Trinajstić information content (AvgIpc) is 3.08. The number of aromatic nitrogens is 3. The van der Waals surface area contributed by atoms with Crippen LogP contribution < -0.4 is 0 Å². The van der Waals surface area contributed by atoms with E-state index in [9.17, 15) is 0 Å². The fourth-order valence-electron chi connectivity index (χ4n) is 2.37. The smallest absolute Gasteiger partial charge is 0.139 e. The van der Waals surface area contributed by atoms with Gasteiger partial charge in [-0.25, -0.2) is 14.7 Å². The van der Waals surface area contributed by atoms with Crippen LogP contribution in [0.15, 0.2) is 41.3 Å². The molecule has 0 spiro atoms. The zero-order valence-electron chi connectivity index (χ0n) is 13.7. The Morgan fingerprint density at radius 2 is 2.13 bits per heavy atom. The molecule has 0 atom stereocenters. The Morgan fingerprint density at radius 1 is 1.30 bits per heavy atom. The molecule has 0 bridgehead atoms. The number of hydrogen-bond donors (Lipinski definition) is 1. The van der Waals surface area contributed by atoms with Gasteiger partial charge in [-0.05, 0) is 37.0 Å². The lowest BCUT2D eigenvalue weighted by Gasteiger charge is -2.24. The highest BCUT2D eigenvalue weighted by Crippen LogP contribution is 2.33. The number of nitrogens with one attached hydrogen (secondary N) is 1. The van der Waals surface area contributed by atoms with Crippen LogP contribution >= 0.6 is 26.0 Å². The zero-order chi connectivity index (χ0) is 16.4. The van der Waals surface area contributed by atoms with Crippen LogP contribution in [0.2, 0.25) is 0 Å². The number of aromatic amines is 1. The molecule has 0 aliphatic carbocycles. The predicted molar refractivity (Wildman–Crippen MR) is 103 cm³/mol. The number of hydrogen-bond acceptors (Lipinski definition) is 2. The summed E-state index contributed by atoms with van der Waals surface area (Å²) >= 11 is 3.53. The van der Waals surface area contributed by atoms with Gasteiger partial charge in [0.15, 0.2) is 0 Å². The number of rotatable bonds is 6. The molecule has 6 heteroatoms. The minimum absolute atomic E-state index is 0.500. The van der Waals surface area contributed by atoms with Gasteiger partial charge in [-0.1, -0.05) is 15.9 Å². The van der Waals surface area contributed by atoms with Crippen LogP contribution in [0.3, 0.4) is 0 Å². The third-order valence-electron chi connectivity index (χ3n) is 3.65. The molecule has 0 aliphatic rings. The largest absolute Gasteiger partial charge is 0.361 e. The standard InChI is InChI=1S/C17H22BrN3OS/c1-23(2,3)7-6-22-12-21-11-13(9-20-21)16-10-19-17-5-4-14(18)8-15(16)17/h4-5,8-11,19H,6-7,12H2,1-3H3. The summed E-state index contributed by atoms with van der Waals surface area (Å²) in [6.45, 7) is 1.29. The van der Waals surface area contributed by atoms with Crippen LogP contribution in [-0.4, -0.2) is 45.9 Å². The van der Waals surface area contributed by atoms with Gasteiger partial charge < -0.3 is 9.72 Å². The van der Waals surface area contributed by atoms with Crippen LogP contribution in [0.4, 0.5) is 0 Å². The Morgan fingerprint density at radius 3 is 2.91 bits per heavy atom. The maximum atomic E-state index is 5.74. The molecule has 0 radical (unpaired) electrons. The summed E-state index contributed by atoms with van der Waals surface area (Å²) in [5.74, 6) is 1.12. The van der Waals surface area contributed by atoms with Gasteiger partial charge >= 0.3 is 0 Å². The molecule has 23 heavy (non-hydrogen) atoms. The van der Waals surface area contributed by atoms with Crippen LogP contribution in [0.1, 0.15) is 0 Å². The van der Waals surface area contributed by atoms with E-state index in [2.05, 4.69) is 56.9 Å². The molecule has 124 valence electrons. The summed E-state index contributed by atoms with van der Waals surface area (Å²) in [4.78, 5) is 3.31. The lowest BCUT2D eigenvalue weighted by atomic mass is 10.1. The first kappa shape index (κ1) is 16.6. The van der Waals surface area contributed by atoms with Gasteiger partial charge in [0.05, 0.1) is 12.8 Å². The second kappa shape index (κ2) is 6.71. The van der Waals surface area contributed by atoms with E-state index in [1.54, 1.807) is 0 Å². The molecule has 3 aromatic rings. The first-order valence-corrected chi connectivity index (χ1v) is 11.3. The Bertz CT molecular complexity index is 804. The first-order chi connectivity index (χ1) is 10.9. The van der Waals surface area contributed by atoms with Gasteiger partial charge in [0.2, 0.25) is 0 Å². The second-order valence-corrected chi connectivity index (χ2v) is 12.0. The van der Waals surface area contributed by atoms with Crippen LogP contribution in [0.5, 0.6) is 0 Å². The number of halogens is 1. The lowest BCUT2D eigenvalue weighted by Crippen LogP contribution is -2.10. The van der Waals surface area contributed by atoms with E-state index in [-0.39, 0.29) is 0 Å². The summed E-state index contributed by atoms with van der Waals surface area (Å²) in [6, 6.07) is 6.24. The van der Waals surface area contributed by atoms with Gasteiger partial charge in [-0.15, -0.1) is 0 Å². The highest BCUT2D eigenvalue weighted by Gasteiger charge is 2.09. The van der Waals surface area contributed by atoms with Gasteiger partial charge in [0.1, 0.15) is 6.73 Å². The fraction of sp³-hybridized carbons (Fsp3) is 0.353.